The van der Waals surface area contributed by atoms with Gasteiger partial charge in [-0.05, 0) is 18.6 Å². The van der Waals surface area contributed by atoms with Gasteiger partial charge in [0.1, 0.15) is 5.76 Å². The van der Waals surface area contributed by atoms with E-state index in [1.54, 1.807) is 12.1 Å². The molecule has 1 aromatic rings. The summed E-state index contributed by atoms with van der Waals surface area (Å²) in [6, 6.07) is 3.39. The molecule has 3 nitrogen and oxygen atoms in total. The van der Waals surface area contributed by atoms with Crippen molar-refractivity contribution in [2.75, 3.05) is 7.11 Å². The van der Waals surface area contributed by atoms with Crippen molar-refractivity contribution in [3.05, 3.63) is 30.1 Å². The van der Waals surface area contributed by atoms with Crippen molar-refractivity contribution in [2.45, 2.75) is 13.3 Å². The molecule has 0 bridgehead atoms. The number of carbonyl (C=O) groups is 1. The third-order valence-corrected chi connectivity index (χ3v) is 1.45. The SMILES string of the molecule is C[CH]Cc1ccc(C(=O)OC)o1. The average Bonchev–Trinajstić information content (AvgIpc) is 2.52. The van der Waals surface area contributed by atoms with Gasteiger partial charge in [0.15, 0.2) is 0 Å². The second-order valence-electron chi connectivity index (χ2n) is 2.37. The number of hydrogen-bond donors (Lipinski definition) is 0. The first kappa shape index (κ1) is 8.84. The molecule has 1 radical (unpaired) electrons. The fraction of sp³-hybridized carbons (Fsp3) is 0.333. The molecular formula is C9H11O3. The van der Waals surface area contributed by atoms with Crippen LogP contribution in [0.4, 0.5) is 0 Å². The Morgan fingerprint density at radius 3 is 3.00 bits per heavy atom. The van der Waals surface area contributed by atoms with Crippen LogP contribution in [0.1, 0.15) is 23.2 Å². The van der Waals surface area contributed by atoms with Crippen molar-refractivity contribution in [3.8, 4) is 0 Å². The quantitative estimate of drug-likeness (QED) is 0.645. The van der Waals surface area contributed by atoms with Crippen molar-refractivity contribution < 1.29 is 13.9 Å². The van der Waals surface area contributed by atoms with E-state index in [9.17, 15) is 4.79 Å². The fourth-order valence-corrected chi connectivity index (χ4v) is 0.899. The van der Waals surface area contributed by atoms with E-state index < -0.39 is 5.97 Å². The largest absolute Gasteiger partial charge is 0.463 e. The van der Waals surface area contributed by atoms with Gasteiger partial charge in [-0.15, -0.1) is 0 Å². The summed E-state index contributed by atoms with van der Waals surface area (Å²) in [5, 5.41) is 0. The Morgan fingerprint density at radius 1 is 1.67 bits per heavy atom. The molecule has 0 fully saturated rings. The lowest BCUT2D eigenvalue weighted by molar-refractivity contribution is 0.0563. The predicted molar refractivity (Wildman–Crippen MR) is 43.7 cm³/mol. The minimum absolute atomic E-state index is 0.259. The molecule has 0 spiro atoms. The van der Waals surface area contributed by atoms with Gasteiger partial charge in [0.05, 0.1) is 7.11 Å². The van der Waals surface area contributed by atoms with Gasteiger partial charge in [-0.25, -0.2) is 4.79 Å². The number of hydrogen-bond acceptors (Lipinski definition) is 3. The summed E-state index contributed by atoms with van der Waals surface area (Å²) in [6.45, 7) is 1.93. The molecular weight excluding hydrogens is 156 g/mol. The van der Waals surface area contributed by atoms with Gasteiger partial charge < -0.3 is 9.15 Å². The molecule has 0 saturated carbocycles. The Bertz CT molecular complexity index is 262. The van der Waals surface area contributed by atoms with E-state index in [1.165, 1.54) is 7.11 Å². The van der Waals surface area contributed by atoms with Crippen molar-refractivity contribution in [2.24, 2.45) is 0 Å². The van der Waals surface area contributed by atoms with Crippen molar-refractivity contribution >= 4 is 5.97 Å². The van der Waals surface area contributed by atoms with Crippen molar-refractivity contribution in [3.63, 3.8) is 0 Å². The highest BCUT2D eigenvalue weighted by molar-refractivity contribution is 5.86. The van der Waals surface area contributed by atoms with Crippen LogP contribution in [0.25, 0.3) is 0 Å². The molecule has 1 rings (SSSR count). The molecule has 0 N–H and O–H groups in total. The second-order valence-corrected chi connectivity index (χ2v) is 2.37. The topological polar surface area (TPSA) is 39.4 Å². The fourth-order valence-electron chi connectivity index (χ4n) is 0.899. The molecule has 1 heterocycles. The molecule has 0 aliphatic carbocycles. The lowest BCUT2D eigenvalue weighted by Crippen LogP contribution is -1.98. The highest BCUT2D eigenvalue weighted by Gasteiger charge is 2.09. The van der Waals surface area contributed by atoms with Crippen LogP contribution in [0.3, 0.4) is 0 Å². The molecule has 0 saturated heterocycles. The van der Waals surface area contributed by atoms with Gasteiger partial charge in [0.2, 0.25) is 5.76 Å². The first-order chi connectivity index (χ1) is 5.77. The molecule has 0 aliphatic rings. The predicted octanol–water partition coefficient (Wildman–Crippen LogP) is 1.83. The maximum absolute atomic E-state index is 10.9. The van der Waals surface area contributed by atoms with Crippen molar-refractivity contribution in [1.82, 2.24) is 0 Å². The van der Waals surface area contributed by atoms with E-state index >= 15 is 0 Å². The Morgan fingerprint density at radius 2 is 2.42 bits per heavy atom. The normalized spacial score (nSPS) is 9.83. The number of ether oxygens (including phenoxy) is 1. The maximum Gasteiger partial charge on any atom is 0.373 e. The van der Waals surface area contributed by atoms with Crippen molar-refractivity contribution in [1.29, 1.82) is 0 Å². The molecule has 0 amide bonds. The molecule has 12 heavy (non-hydrogen) atoms. The second kappa shape index (κ2) is 3.95. The average molecular weight is 167 g/mol. The van der Waals surface area contributed by atoms with E-state index in [0.29, 0.717) is 0 Å². The zero-order valence-electron chi connectivity index (χ0n) is 7.16. The highest BCUT2D eigenvalue weighted by atomic mass is 16.5. The Balaban J connectivity index is 2.70. The standard InChI is InChI=1S/C9H11O3/c1-3-4-7-5-6-8(12-7)9(10)11-2/h3,5-6H,4H2,1-2H3. The van der Waals surface area contributed by atoms with Gasteiger partial charge in [0.25, 0.3) is 0 Å². The molecule has 65 valence electrons. The number of rotatable bonds is 3. The molecule has 0 aromatic carbocycles. The van der Waals surface area contributed by atoms with E-state index in [2.05, 4.69) is 4.74 Å². The van der Waals surface area contributed by atoms with Crippen LogP contribution in [0.2, 0.25) is 0 Å². The zero-order chi connectivity index (χ0) is 8.97. The Labute approximate surface area is 71.3 Å². The highest BCUT2D eigenvalue weighted by Crippen LogP contribution is 2.10. The summed E-state index contributed by atoms with van der Waals surface area (Å²) in [5.74, 6) is 0.601. The van der Waals surface area contributed by atoms with Gasteiger partial charge in [-0.2, -0.15) is 0 Å². The first-order valence-corrected chi connectivity index (χ1v) is 3.72. The van der Waals surface area contributed by atoms with Gasteiger partial charge in [-0.1, -0.05) is 6.92 Å². The molecule has 0 atom stereocenters. The van der Waals surface area contributed by atoms with E-state index in [-0.39, 0.29) is 5.76 Å². The zero-order valence-corrected chi connectivity index (χ0v) is 7.16. The number of methoxy groups -OCH3 is 1. The Kier molecular flexibility index (Phi) is 2.91. The summed E-state index contributed by atoms with van der Waals surface area (Å²) in [5.41, 5.74) is 0. The van der Waals surface area contributed by atoms with E-state index in [1.807, 2.05) is 13.3 Å². The minimum atomic E-state index is -0.433. The molecule has 0 unspecified atom stereocenters. The molecule has 0 aliphatic heterocycles. The summed E-state index contributed by atoms with van der Waals surface area (Å²) in [7, 11) is 1.33. The third-order valence-electron chi connectivity index (χ3n) is 1.45. The minimum Gasteiger partial charge on any atom is -0.463 e. The Hall–Kier alpha value is -1.25. The maximum atomic E-state index is 10.9. The van der Waals surface area contributed by atoms with Crippen LogP contribution < -0.4 is 0 Å². The summed E-state index contributed by atoms with van der Waals surface area (Å²) in [4.78, 5) is 10.9. The monoisotopic (exact) mass is 167 g/mol. The van der Waals surface area contributed by atoms with Gasteiger partial charge in [0, 0.05) is 6.42 Å². The third kappa shape index (κ3) is 1.87. The number of carbonyl (C=O) groups excluding carboxylic acids is 1. The van der Waals surface area contributed by atoms with Gasteiger partial charge >= 0.3 is 5.97 Å². The lowest BCUT2D eigenvalue weighted by atomic mass is 10.3. The van der Waals surface area contributed by atoms with Crippen LogP contribution in [0.15, 0.2) is 16.5 Å². The smallest absolute Gasteiger partial charge is 0.373 e. The molecule has 1 aromatic heterocycles. The summed E-state index contributed by atoms with van der Waals surface area (Å²) >= 11 is 0. The lowest BCUT2D eigenvalue weighted by Gasteiger charge is -1.93. The number of esters is 1. The van der Waals surface area contributed by atoms with Gasteiger partial charge in [-0.3, -0.25) is 0 Å². The van der Waals surface area contributed by atoms with Crippen LogP contribution in [0, 0.1) is 6.42 Å². The summed E-state index contributed by atoms with van der Waals surface area (Å²) < 4.78 is 9.66. The molecule has 3 heteroatoms. The number of furan rings is 1. The van der Waals surface area contributed by atoms with E-state index in [4.69, 9.17) is 4.42 Å². The first-order valence-electron chi connectivity index (χ1n) is 3.72. The van der Waals surface area contributed by atoms with Crippen LogP contribution in [-0.2, 0) is 11.2 Å². The van der Waals surface area contributed by atoms with E-state index in [0.717, 1.165) is 12.2 Å². The van der Waals surface area contributed by atoms with Crippen LogP contribution in [0.5, 0.6) is 0 Å². The summed E-state index contributed by atoms with van der Waals surface area (Å²) in [6.07, 6.45) is 2.69. The van der Waals surface area contributed by atoms with Crippen LogP contribution >= 0.6 is 0 Å². The van der Waals surface area contributed by atoms with Crippen LogP contribution in [-0.4, -0.2) is 13.1 Å².